The second-order valence-corrected chi connectivity index (χ2v) is 10.2. The molecule has 0 spiro atoms. The number of hydrogen-bond donors (Lipinski definition) is 1. The first-order chi connectivity index (χ1) is 14.2. The molecule has 1 atom stereocenters. The summed E-state index contributed by atoms with van der Waals surface area (Å²) in [6.07, 6.45) is 4.74. The minimum atomic E-state index is -0.00708. The number of benzene rings is 2. The van der Waals surface area contributed by atoms with Crippen molar-refractivity contribution in [2.75, 3.05) is 0 Å². The van der Waals surface area contributed by atoms with Gasteiger partial charge in [0.1, 0.15) is 0 Å². The van der Waals surface area contributed by atoms with Crippen molar-refractivity contribution in [1.82, 2.24) is 5.32 Å². The molecule has 1 heterocycles. The summed E-state index contributed by atoms with van der Waals surface area (Å²) in [5.41, 5.74) is 11.3. The van der Waals surface area contributed by atoms with Gasteiger partial charge in [0.15, 0.2) is 0 Å². The Morgan fingerprint density at radius 1 is 1.03 bits per heavy atom. The predicted molar refractivity (Wildman–Crippen MR) is 132 cm³/mol. The maximum atomic E-state index is 3.83. The fourth-order valence-electron chi connectivity index (χ4n) is 5.23. The van der Waals surface area contributed by atoms with E-state index >= 15 is 0 Å². The Kier molecular flexibility index (Phi) is 5.21. The second kappa shape index (κ2) is 7.45. The van der Waals surface area contributed by atoms with E-state index in [9.17, 15) is 0 Å². The summed E-state index contributed by atoms with van der Waals surface area (Å²) in [5, 5.41) is 6.55. The minimum Gasteiger partial charge on any atom is -0.358 e. The van der Waals surface area contributed by atoms with Gasteiger partial charge in [0, 0.05) is 22.4 Å². The van der Waals surface area contributed by atoms with Gasteiger partial charge in [-0.25, -0.2) is 0 Å². The highest BCUT2D eigenvalue weighted by Gasteiger charge is 2.40. The van der Waals surface area contributed by atoms with E-state index in [-0.39, 0.29) is 5.41 Å². The van der Waals surface area contributed by atoms with Crippen LogP contribution in [0.1, 0.15) is 84.9 Å². The Morgan fingerprint density at radius 3 is 2.40 bits per heavy atom. The van der Waals surface area contributed by atoms with Crippen LogP contribution in [0.2, 0.25) is 0 Å². The highest BCUT2D eigenvalue weighted by atomic mass is 14.9. The van der Waals surface area contributed by atoms with Crippen molar-refractivity contribution in [2.24, 2.45) is 11.8 Å². The van der Waals surface area contributed by atoms with Crippen LogP contribution in [-0.2, 0) is 5.41 Å². The van der Waals surface area contributed by atoms with Crippen LogP contribution in [-0.4, -0.2) is 0 Å². The van der Waals surface area contributed by atoms with Crippen LogP contribution in [0.5, 0.6) is 0 Å². The van der Waals surface area contributed by atoms with Crippen molar-refractivity contribution >= 4 is 22.0 Å². The average molecular weight is 400 g/mol. The lowest BCUT2D eigenvalue weighted by Crippen LogP contribution is -2.33. The smallest absolute Gasteiger partial charge is 0.0500 e. The minimum absolute atomic E-state index is 0.00708. The third-order valence-electron chi connectivity index (χ3n) is 7.71. The van der Waals surface area contributed by atoms with Crippen molar-refractivity contribution in [2.45, 2.75) is 73.6 Å². The molecule has 0 amide bonds. The molecule has 0 bridgehead atoms. The predicted octanol–water partition coefficient (Wildman–Crippen LogP) is 8.21. The first-order valence-electron chi connectivity index (χ1n) is 11.6. The molecule has 0 fully saturated rings. The average Bonchev–Trinajstić information content (AvgIpc) is 2.71. The topological polar surface area (TPSA) is 12.0 Å². The van der Waals surface area contributed by atoms with E-state index in [1.54, 1.807) is 0 Å². The Bertz CT molecular complexity index is 1100. The summed E-state index contributed by atoms with van der Waals surface area (Å²) < 4.78 is 0. The fraction of sp³-hybridized carbons (Fsp3) is 0.448. The van der Waals surface area contributed by atoms with Gasteiger partial charge in [-0.2, -0.15) is 0 Å². The van der Waals surface area contributed by atoms with E-state index in [2.05, 4.69) is 97.1 Å². The first kappa shape index (κ1) is 21.0. The maximum Gasteiger partial charge on any atom is 0.0500 e. The van der Waals surface area contributed by atoms with Crippen LogP contribution in [0.4, 0.5) is 0 Å². The number of fused-ring (bicyclic) bond motifs is 2. The lowest BCUT2D eigenvalue weighted by Gasteiger charge is -2.42. The quantitative estimate of drug-likeness (QED) is 0.546. The first-order valence-corrected chi connectivity index (χ1v) is 11.6. The SMILES string of the molecule is CCC1=C2NC(C)=C(C)c3c2c(cc2ccccc32)C(C)(C)/C1=C/CC(C)C(C)C. The van der Waals surface area contributed by atoms with Crippen molar-refractivity contribution < 1.29 is 0 Å². The van der Waals surface area contributed by atoms with E-state index in [0.717, 1.165) is 12.8 Å². The molecule has 0 radical (unpaired) electrons. The van der Waals surface area contributed by atoms with Crippen LogP contribution in [0.25, 0.3) is 22.0 Å². The molecule has 4 rings (SSSR count). The van der Waals surface area contributed by atoms with Gasteiger partial charge in [-0.3, -0.25) is 0 Å². The Morgan fingerprint density at radius 2 is 1.73 bits per heavy atom. The van der Waals surface area contributed by atoms with Crippen LogP contribution in [0.15, 0.2) is 53.3 Å². The summed E-state index contributed by atoms with van der Waals surface area (Å²) in [6.45, 7) is 18.7. The molecule has 0 saturated carbocycles. The molecule has 1 aliphatic carbocycles. The lowest BCUT2D eigenvalue weighted by atomic mass is 9.64. The summed E-state index contributed by atoms with van der Waals surface area (Å²) in [5.74, 6) is 1.39. The van der Waals surface area contributed by atoms with E-state index in [1.807, 2.05) is 0 Å². The molecule has 2 aliphatic rings. The Labute approximate surface area is 183 Å². The molecule has 1 aliphatic heterocycles. The van der Waals surface area contributed by atoms with E-state index in [1.165, 1.54) is 55.6 Å². The molecule has 158 valence electrons. The van der Waals surface area contributed by atoms with E-state index in [0.29, 0.717) is 11.8 Å². The molecule has 1 N–H and O–H groups in total. The summed E-state index contributed by atoms with van der Waals surface area (Å²) >= 11 is 0. The van der Waals surface area contributed by atoms with Crippen molar-refractivity contribution in [3.05, 3.63) is 69.9 Å². The van der Waals surface area contributed by atoms with Crippen LogP contribution < -0.4 is 5.32 Å². The van der Waals surface area contributed by atoms with Gasteiger partial charge >= 0.3 is 0 Å². The monoisotopic (exact) mass is 399 g/mol. The molecule has 2 aromatic rings. The van der Waals surface area contributed by atoms with Gasteiger partial charge in [0.25, 0.3) is 0 Å². The van der Waals surface area contributed by atoms with Crippen molar-refractivity contribution in [3.8, 4) is 0 Å². The summed E-state index contributed by atoms with van der Waals surface area (Å²) in [6, 6.07) is 11.4. The normalized spacial score (nSPS) is 20.1. The fourth-order valence-corrected chi connectivity index (χ4v) is 5.23. The van der Waals surface area contributed by atoms with Crippen LogP contribution >= 0.6 is 0 Å². The molecule has 1 nitrogen and oxygen atoms in total. The number of allylic oxidation sites excluding steroid dienone is 5. The molecule has 1 heteroatoms. The van der Waals surface area contributed by atoms with Gasteiger partial charge in [-0.1, -0.05) is 71.9 Å². The molecule has 2 aromatic carbocycles. The molecule has 0 aromatic heterocycles. The number of rotatable bonds is 4. The lowest BCUT2D eigenvalue weighted by molar-refractivity contribution is 0.421. The highest BCUT2D eigenvalue weighted by Crippen LogP contribution is 2.52. The number of hydrogen-bond acceptors (Lipinski definition) is 1. The molecular formula is C29H37N. The summed E-state index contributed by atoms with van der Waals surface area (Å²) in [7, 11) is 0. The number of nitrogens with one attached hydrogen (secondary N) is 1. The van der Waals surface area contributed by atoms with Gasteiger partial charge in [0.2, 0.25) is 0 Å². The Balaban J connectivity index is 2.07. The van der Waals surface area contributed by atoms with E-state index in [4.69, 9.17) is 0 Å². The summed E-state index contributed by atoms with van der Waals surface area (Å²) in [4.78, 5) is 0. The van der Waals surface area contributed by atoms with Crippen LogP contribution in [0, 0.1) is 11.8 Å². The van der Waals surface area contributed by atoms with Crippen molar-refractivity contribution in [1.29, 1.82) is 0 Å². The third-order valence-corrected chi connectivity index (χ3v) is 7.71. The highest BCUT2D eigenvalue weighted by molar-refractivity contribution is 6.04. The third kappa shape index (κ3) is 3.06. The zero-order chi connectivity index (χ0) is 21.8. The van der Waals surface area contributed by atoms with Gasteiger partial charge in [0.05, 0.1) is 0 Å². The zero-order valence-electron chi connectivity index (χ0n) is 20.0. The Hall–Kier alpha value is -2.28. The zero-order valence-corrected chi connectivity index (χ0v) is 20.0. The maximum absolute atomic E-state index is 3.83. The molecule has 1 unspecified atom stereocenters. The van der Waals surface area contributed by atoms with Gasteiger partial charge in [-0.05, 0) is 83.2 Å². The van der Waals surface area contributed by atoms with E-state index < -0.39 is 0 Å². The standard InChI is InChI=1S/C29H37N/c1-9-22-24(15-14-18(4)17(2)3)29(7,8)25-16-21-12-10-11-13-23(21)26-19(5)20(6)30-28(22)27(25)26/h10-13,15-18,30H,9,14H2,1-8H3/b24-15+. The van der Waals surface area contributed by atoms with Crippen LogP contribution in [0.3, 0.4) is 0 Å². The second-order valence-electron chi connectivity index (χ2n) is 10.2. The molecule has 0 saturated heterocycles. The molecular weight excluding hydrogens is 362 g/mol. The van der Waals surface area contributed by atoms with Gasteiger partial charge < -0.3 is 5.32 Å². The van der Waals surface area contributed by atoms with Crippen molar-refractivity contribution in [3.63, 3.8) is 0 Å². The largest absolute Gasteiger partial charge is 0.358 e. The van der Waals surface area contributed by atoms with Gasteiger partial charge in [-0.15, -0.1) is 0 Å². The molecule has 30 heavy (non-hydrogen) atoms.